The molecule has 1 rings (SSSR count). The van der Waals surface area contributed by atoms with Gasteiger partial charge in [-0.15, -0.1) is 0 Å². The van der Waals surface area contributed by atoms with Gasteiger partial charge in [0.2, 0.25) is 0 Å². The van der Waals surface area contributed by atoms with Crippen LogP contribution in [0.25, 0.3) is 0 Å². The van der Waals surface area contributed by atoms with Gasteiger partial charge < -0.3 is 0 Å². The summed E-state index contributed by atoms with van der Waals surface area (Å²) in [4.78, 5) is 0. The number of hydrogen-bond donors (Lipinski definition) is 0. The molecule has 154 valence electrons. The molecule has 0 aliphatic heterocycles. The van der Waals surface area contributed by atoms with E-state index in [1.165, 1.54) is 11.1 Å². The van der Waals surface area contributed by atoms with E-state index in [1.807, 2.05) is 0 Å². The van der Waals surface area contributed by atoms with Gasteiger partial charge in [-0.3, -0.25) is 0 Å². The molecule has 0 fully saturated rings. The molecule has 4 unspecified atom stereocenters. The Kier molecular flexibility index (Phi) is 12.1. The van der Waals surface area contributed by atoms with Crippen molar-refractivity contribution >= 4 is 0 Å². The smallest absolute Gasteiger partial charge is 0.0625 e. The first-order valence-electron chi connectivity index (χ1n) is 10.6. The fourth-order valence-corrected chi connectivity index (χ4v) is 5.17. The standard InChI is InChI=1S/C24H28N6/c25-13-1-7-19-20(8-2-14-26)22(10-4-16-28)24(12-6-18-30)23(11-5-17-29)21(19)9-3-15-27/h19-22H,1-12H2. The summed E-state index contributed by atoms with van der Waals surface area (Å²) in [6.07, 6.45) is 6.23. The van der Waals surface area contributed by atoms with Crippen LogP contribution in [0.4, 0.5) is 0 Å². The van der Waals surface area contributed by atoms with E-state index in [2.05, 4.69) is 36.4 Å². The molecule has 0 bridgehead atoms. The number of nitrogens with zero attached hydrogens (tertiary/aromatic N) is 6. The van der Waals surface area contributed by atoms with Crippen LogP contribution in [-0.4, -0.2) is 0 Å². The van der Waals surface area contributed by atoms with Gasteiger partial charge in [0, 0.05) is 38.5 Å². The molecule has 30 heavy (non-hydrogen) atoms. The molecule has 0 aromatic rings. The Morgan fingerprint density at radius 1 is 0.433 bits per heavy atom. The van der Waals surface area contributed by atoms with Crippen LogP contribution in [0.15, 0.2) is 11.1 Å². The van der Waals surface area contributed by atoms with Crippen LogP contribution in [0.5, 0.6) is 0 Å². The van der Waals surface area contributed by atoms with Gasteiger partial charge in [0.15, 0.2) is 0 Å². The predicted octanol–water partition coefficient (Wildman–Crippen LogP) is 5.58. The van der Waals surface area contributed by atoms with Crippen molar-refractivity contribution in [2.24, 2.45) is 23.7 Å². The molecular weight excluding hydrogens is 372 g/mol. The highest BCUT2D eigenvalue weighted by Gasteiger charge is 2.42. The highest BCUT2D eigenvalue weighted by molar-refractivity contribution is 5.28. The van der Waals surface area contributed by atoms with E-state index < -0.39 is 0 Å². The van der Waals surface area contributed by atoms with Crippen LogP contribution in [0.1, 0.15) is 77.0 Å². The third-order valence-electron chi connectivity index (χ3n) is 6.22. The van der Waals surface area contributed by atoms with E-state index in [9.17, 15) is 31.6 Å². The summed E-state index contributed by atoms with van der Waals surface area (Å²) in [6, 6.07) is 13.4. The van der Waals surface area contributed by atoms with Gasteiger partial charge in [-0.1, -0.05) is 11.1 Å². The minimum absolute atomic E-state index is 0.0853. The van der Waals surface area contributed by atoms with Gasteiger partial charge in [0.1, 0.15) is 0 Å². The summed E-state index contributed by atoms with van der Waals surface area (Å²) in [5.41, 5.74) is 2.34. The third-order valence-corrected chi connectivity index (χ3v) is 6.22. The maximum Gasteiger partial charge on any atom is 0.0625 e. The topological polar surface area (TPSA) is 143 Å². The largest absolute Gasteiger partial charge is 0.198 e. The van der Waals surface area contributed by atoms with E-state index in [0.29, 0.717) is 77.0 Å². The van der Waals surface area contributed by atoms with Gasteiger partial charge >= 0.3 is 0 Å². The van der Waals surface area contributed by atoms with E-state index in [4.69, 9.17) is 0 Å². The molecule has 0 amide bonds. The lowest BCUT2D eigenvalue weighted by atomic mass is 9.58. The molecule has 0 N–H and O–H groups in total. The molecule has 1 aliphatic carbocycles. The minimum atomic E-state index is 0.0853. The zero-order chi connectivity index (χ0) is 22.2. The normalized spacial score (nSPS) is 22.6. The van der Waals surface area contributed by atoms with E-state index in [-0.39, 0.29) is 23.7 Å². The molecule has 0 aromatic heterocycles. The lowest BCUT2D eigenvalue weighted by Gasteiger charge is -2.46. The lowest BCUT2D eigenvalue weighted by Crippen LogP contribution is -2.37. The molecule has 0 saturated heterocycles. The van der Waals surface area contributed by atoms with Crippen molar-refractivity contribution in [1.29, 1.82) is 31.6 Å². The lowest BCUT2D eigenvalue weighted by molar-refractivity contribution is 0.136. The molecule has 1 aliphatic rings. The summed E-state index contributed by atoms with van der Waals surface area (Å²) >= 11 is 0. The van der Waals surface area contributed by atoms with Crippen LogP contribution in [0.3, 0.4) is 0 Å². The monoisotopic (exact) mass is 400 g/mol. The van der Waals surface area contributed by atoms with Gasteiger partial charge in [-0.05, 0) is 62.2 Å². The SMILES string of the molecule is N#CCCC1=C(CCC#N)C(CCC#N)C(CCC#N)C(CCC#N)C1CCC#N. The molecule has 0 aromatic carbocycles. The van der Waals surface area contributed by atoms with Crippen molar-refractivity contribution in [1.82, 2.24) is 0 Å². The van der Waals surface area contributed by atoms with Crippen molar-refractivity contribution in [3.63, 3.8) is 0 Å². The minimum Gasteiger partial charge on any atom is -0.198 e. The number of nitriles is 6. The van der Waals surface area contributed by atoms with Crippen LogP contribution < -0.4 is 0 Å². The zero-order valence-corrected chi connectivity index (χ0v) is 17.5. The predicted molar refractivity (Wildman–Crippen MR) is 110 cm³/mol. The second-order valence-electron chi connectivity index (χ2n) is 7.69. The first-order chi connectivity index (χ1) is 14.7. The van der Waals surface area contributed by atoms with E-state index in [0.717, 1.165) is 0 Å². The van der Waals surface area contributed by atoms with Crippen molar-refractivity contribution in [3.05, 3.63) is 11.1 Å². The van der Waals surface area contributed by atoms with Crippen LogP contribution in [0.2, 0.25) is 0 Å². The Morgan fingerprint density at radius 3 is 1.03 bits per heavy atom. The summed E-state index contributed by atoms with van der Waals surface area (Å²) in [5, 5.41) is 55.3. The third kappa shape index (κ3) is 6.93. The Bertz CT molecular complexity index is 760. The molecule has 0 spiro atoms. The maximum absolute atomic E-state index is 9.22. The average Bonchev–Trinajstić information content (AvgIpc) is 2.76. The Morgan fingerprint density at radius 2 is 0.733 bits per heavy atom. The van der Waals surface area contributed by atoms with E-state index in [1.54, 1.807) is 0 Å². The van der Waals surface area contributed by atoms with Gasteiger partial charge in [0.25, 0.3) is 0 Å². The Hall–Kier alpha value is -3.32. The number of hydrogen-bond acceptors (Lipinski definition) is 6. The molecule has 4 atom stereocenters. The number of rotatable bonds is 12. The summed E-state index contributed by atoms with van der Waals surface area (Å²) in [7, 11) is 0. The molecule has 0 radical (unpaired) electrons. The molecule has 6 nitrogen and oxygen atoms in total. The molecule has 0 heterocycles. The molecule has 6 heteroatoms. The fourth-order valence-electron chi connectivity index (χ4n) is 5.17. The van der Waals surface area contributed by atoms with Crippen molar-refractivity contribution in [2.75, 3.05) is 0 Å². The summed E-state index contributed by atoms with van der Waals surface area (Å²) in [6.45, 7) is 0. The maximum atomic E-state index is 9.22. The van der Waals surface area contributed by atoms with Crippen LogP contribution in [0, 0.1) is 91.7 Å². The summed E-state index contributed by atoms with van der Waals surface area (Å²) < 4.78 is 0. The van der Waals surface area contributed by atoms with E-state index >= 15 is 0 Å². The first-order valence-corrected chi connectivity index (χ1v) is 10.6. The highest BCUT2D eigenvalue weighted by atomic mass is 14.5. The second kappa shape index (κ2) is 14.6. The summed E-state index contributed by atoms with van der Waals surface area (Å²) in [5.74, 6) is 0.466. The Labute approximate surface area is 180 Å². The average molecular weight is 401 g/mol. The fraction of sp³-hybridized carbons (Fsp3) is 0.667. The van der Waals surface area contributed by atoms with Crippen molar-refractivity contribution in [2.45, 2.75) is 77.0 Å². The molecule has 0 saturated carbocycles. The molecular formula is C24H28N6. The quantitative estimate of drug-likeness (QED) is 0.391. The first kappa shape index (κ1) is 24.7. The van der Waals surface area contributed by atoms with Crippen molar-refractivity contribution in [3.8, 4) is 36.4 Å². The zero-order valence-electron chi connectivity index (χ0n) is 17.5. The highest BCUT2D eigenvalue weighted by Crippen LogP contribution is 2.51. The van der Waals surface area contributed by atoms with Crippen molar-refractivity contribution < 1.29 is 0 Å². The van der Waals surface area contributed by atoms with Gasteiger partial charge in [-0.25, -0.2) is 0 Å². The van der Waals surface area contributed by atoms with Crippen LogP contribution >= 0.6 is 0 Å². The second-order valence-corrected chi connectivity index (χ2v) is 7.69. The Balaban J connectivity index is 3.58. The van der Waals surface area contributed by atoms with Gasteiger partial charge in [0.05, 0.1) is 36.4 Å². The van der Waals surface area contributed by atoms with Gasteiger partial charge in [-0.2, -0.15) is 31.6 Å². The number of allylic oxidation sites excluding steroid dienone is 2. The van der Waals surface area contributed by atoms with Crippen LogP contribution in [-0.2, 0) is 0 Å².